The van der Waals surface area contributed by atoms with E-state index in [0.717, 1.165) is 16.9 Å². The zero-order valence-electron chi connectivity index (χ0n) is 13.8. The Morgan fingerprint density at radius 3 is 2.80 bits per heavy atom. The topological polar surface area (TPSA) is 63.9 Å². The third-order valence-electron chi connectivity index (χ3n) is 4.46. The number of amides is 1. The molecular formula is C19H17N3O3. The fourth-order valence-corrected chi connectivity index (χ4v) is 3.33. The zero-order chi connectivity index (χ0) is 17.4. The van der Waals surface area contributed by atoms with E-state index in [0.29, 0.717) is 12.1 Å². The molecule has 1 aliphatic heterocycles. The molecule has 1 amide bonds. The van der Waals surface area contributed by atoms with Gasteiger partial charge >= 0.3 is 5.97 Å². The summed E-state index contributed by atoms with van der Waals surface area (Å²) in [6.45, 7) is 0. The first-order chi connectivity index (χ1) is 12.2. The second-order valence-corrected chi connectivity index (χ2v) is 6.01. The molecule has 1 unspecified atom stereocenters. The molecule has 3 aromatic rings. The number of carbonyl (C=O) groups is 2. The molecule has 2 aromatic heterocycles. The number of pyridine rings is 1. The summed E-state index contributed by atoms with van der Waals surface area (Å²) in [6, 6.07) is 12.6. The molecule has 0 bridgehead atoms. The number of carbonyl (C=O) groups excluding carboxylic acids is 2. The summed E-state index contributed by atoms with van der Waals surface area (Å²) in [5.74, 6) is -0.566. The lowest BCUT2D eigenvalue weighted by Gasteiger charge is -2.23. The van der Waals surface area contributed by atoms with Gasteiger partial charge in [-0.1, -0.05) is 24.3 Å². The number of imidazole rings is 1. The number of hydrogen-bond donors (Lipinski definition) is 0. The molecule has 6 heteroatoms. The number of hydrogen-bond acceptors (Lipinski definition) is 4. The summed E-state index contributed by atoms with van der Waals surface area (Å²) in [5.41, 5.74) is 3.20. The van der Waals surface area contributed by atoms with Gasteiger partial charge in [0, 0.05) is 24.5 Å². The summed E-state index contributed by atoms with van der Waals surface area (Å²) in [5, 5.41) is 0. The van der Waals surface area contributed by atoms with Crippen molar-refractivity contribution >= 4 is 23.2 Å². The Kier molecular flexibility index (Phi) is 3.72. The molecule has 126 valence electrons. The summed E-state index contributed by atoms with van der Waals surface area (Å²) < 4.78 is 6.76. The lowest BCUT2D eigenvalue weighted by molar-refractivity contribution is -0.143. The molecule has 1 atom stereocenters. The van der Waals surface area contributed by atoms with Crippen molar-refractivity contribution in [3.8, 4) is 0 Å². The van der Waals surface area contributed by atoms with Gasteiger partial charge in [-0.25, -0.2) is 9.78 Å². The van der Waals surface area contributed by atoms with Gasteiger partial charge < -0.3 is 9.14 Å². The van der Waals surface area contributed by atoms with Crippen LogP contribution in [0.2, 0.25) is 0 Å². The molecule has 0 radical (unpaired) electrons. The molecule has 6 nitrogen and oxygen atoms in total. The second kappa shape index (κ2) is 6.05. The molecule has 0 aliphatic carbocycles. The Labute approximate surface area is 144 Å². The third kappa shape index (κ3) is 2.65. The molecule has 1 aliphatic rings. The number of fused-ring (bicyclic) bond motifs is 2. The highest BCUT2D eigenvalue weighted by atomic mass is 16.5. The molecule has 0 fully saturated rings. The summed E-state index contributed by atoms with van der Waals surface area (Å²) >= 11 is 0. The van der Waals surface area contributed by atoms with E-state index in [4.69, 9.17) is 4.74 Å². The number of ether oxygens (including phenoxy) is 1. The third-order valence-corrected chi connectivity index (χ3v) is 4.46. The number of para-hydroxylation sites is 1. The minimum atomic E-state index is -0.619. The number of methoxy groups -OCH3 is 1. The fourth-order valence-electron chi connectivity index (χ4n) is 3.33. The number of anilines is 1. The Morgan fingerprint density at radius 2 is 2.00 bits per heavy atom. The highest BCUT2D eigenvalue weighted by Crippen LogP contribution is 2.33. The minimum Gasteiger partial charge on any atom is -0.467 e. The van der Waals surface area contributed by atoms with Crippen LogP contribution in [0.4, 0.5) is 5.69 Å². The maximum absolute atomic E-state index is 13.0. The van der Waals surface area contributed by atoms with Crippen LogP contribution in [-0.4, -0.2) is 34.4 Å². The van der Waals surface area contributed by atoms with Crippen LogP contribution in [0, 0.1) is 0 Å². The van der Waals surface area contributed by atoms with E-state index in [1.165, 1.54) is 7.11 Å². The Balaban J connectivity index is 1.65. The fraction of sp³-hybridized carbons (Fsp3) is 0.211. The Morgan fingerprint density at radius 1 is 1.20 bits per heavy atom. The van der Waals surface area contributed by atoms with Crippen LogP contribution in [0.25, 0.3) is 5.65 Å². The number of esters is 1. The van der Waals surface area contributed by atoms with E-state index < -0.39 is 12.0 Å². The lowest BCUT2D eigenvalue weighted by Crippen LogP contribution is -2.44. The monoisotopic (exact) mass is 335 g/mol. The first-order valence-corrected chi connectivity index (χ1v) is 8.08. The van der Waals surface area contributed by atoms with Crippen molar-refractivity contribution in [1.82, 2.24) is 9.38 Å². The average molecular weight is 335 g/mol. The van der Waals surface area contributed by atoms with Gasteiger partial charge in [0.05, 0.1) is 19.2 Å². The first kappa shape index (κ1) is 15.4. The van der Waals surface area contributed by atoms with Crippen LogP contribution in [0.1, 0.15) is 11.3 Å². The summed E-state index contributed by atoms with van der Waals surface area (Å²) in [7, 11) is 1.34. The highest BCUT2D eigenvalue weighted by Gasteiger charge is 2.38. The van der Waals surface area contributed by atoms with Crippen molar-refractivity contribution in [2.45, 2.75) is 18.9 Å². The predicted octanol–water partition coefficient (Wildman–Crippen LogP) is 2.01. The van der Waals surface area contributed by atoms with Crippen molar-refractivity contribution < 1.29 is 14.3 Å². The van der Waals surface area contributed by atoms with Gasteiger partial charge in [0.15, 0.2) is 0 Å². The largest absolute Gasteiger partial charge is 0.467 e. The number of benzene rings is 1. The average Bonchev–Trinajstić information content (AvgIpc) is 3.21. The highest BCUT2D eigenvalue weighted by molar-refractivity contribution is 6.03. The van der Waals surface area contributed by atoms with Gasteiger partial charge in [0.25, 0.3) is 0 Å². The molecule has 0 saturated heterocycles. The molecule has 0 saturated carbocycles. The van der Waals surface area contributed by atoms with Gasteiger partial charge in [0.2, 0.25) is 5.91 Å². The molecule has 0 N–H and O–H groups in total. The van der Waals surface area contributed by atoms with Gasteiger partial charge in [-0.15, -0.1) is 0 Å². The quantitative estimate of drug-likeness (QED) is 0.687. The van der Waals surface area contributed by atoms with Crippen LogP contribution >= 0.6 is 0 Å². The normalized spacial score (nSPS) is 16.0. The van der Waals surface area contributed by atoms with E-state index in [9.17, 15) is 9.59 Å². The van der Waals surface area contributed by atoms with E-state index >= 15 is 0 Å². The molecule has 3 heterocycles. The predicted molar refractivity (Wildman–Crippen MR) is 92.3 cm³/mol. The maximum Gasteiger partial charge on any atom is 0.329 e. The maximum atomic E-state index is 13.0. The number of aromatic nitrogens is 2. The van der Waals surface area contributed by atoms with E-state index in [-0.39, 0.29) is 12.3 Å². The summed E-state index contributed by atoms with van der Waals surface area (Å²) in [4.78, 5) is 31.1. The standard InChI is InChI=1S/C19H17N3O3/c1-25-19(24)16-10-13-6-2-3-7-15(13)22(16)18(23)11-14-12-21-9-5-4-8-17(21)20-14/h2-9,12,16H,10-11H2,1H3. The van der Waals surface area contributed by atoms with Crippen LogP contribution < -0.4 is 4.90 Å². The Hall–Kier alpha value is -3.15. The molecule has 25 heavy (non-hydrogen) atoms. The zero-order valence-corrected chi connectivity index (χ0v) is 13.8. The van der Waals surface area contributed by atoms with E-state index in [1.54, 1.807) is 4.90 Å². The van der Waals surface area contributed by atoms with Crippen LogP contribution in [-0.2, 0) is 27.2 Å². The SMILES string of the molecule is COC(=O)C1Cc2ccccc2N1C(=O)Cc1cn2ccccc2n1. The van der Waals surface area contributed by atoms with Crippen molar-refractivity contribution in [2.75, 3.05) is 12.0 Å². The lowest BCUT2D eigenvalue weighted by atomic mass is 10.1. The molecular weight excluding hydrogens is 318 g/mol. The van der Waals surface area contributed by atoms with Crippen LogP contribution in [0.15, 0.2) is 54.9 Å². The molecule has 0 spiro atoms. The van der Waals surface area contributed by atoms with Gasteiger partial charge in [0.1, 0.15) is 11.7 Å². The van der Waals surface area contributed by atoms with Crippen molar-refractivity contribution in [3.05, 3.63) is 66.1 Å². The van der Waals surface area contributed by atoms with Gasteiger partial charge in [-0.3, -0.25) is 9.69 Å². The number of rotatable bonds is 3. The van der Waals surface area contributed by atoms with Crippen molar-refractivity contribution in [2.24, 2.45) is 0 Å². The minimum absolute atomic E-state index is 0.128. The number of nitrogens with zero attached hydrogens (tertiary/aromatic N) is 3. The second-order valence-electron chi connectivity index (χ2n) is 6.01. The van der Waals surface area contributed by atoms with Crippen molar-refractivity contribution in [3.63, 3.8) is 0 Å². The van der Waals surface area contributed by atoms with Gasteiger partial charge in [-0.05, 0) is 23.8 Å². The molecule has 1 aromatic carbocycles. The van der Waals surface area contributed by atoms with Crippen molar-refractivity contribution in [1.29, 1.82) is 0 Å². The Bertz CT molecular complexity index is 930. The summed E-state index contributed by atoms with van der Waals surface area (Å²) in [6.07, 6.45) is 4.32. The van der Waals surface area contributed by atoms with Crippen LogP contribution in [0.5, 0.6) is 0 Å². The molecule has 4 rings (SSSR count). The van der Waals surface area contributed by atoms with E-state index in [2.05, 4.69) is 4.98 Å². The smallest absolute Gasteiger partial charge is 0.329 e. The van der Waals surface area contributed by atoms with Crippen LogP contribution in [0.3, 0.4) is 0 Å². The van der Waals surface area contributed by atoms with Gasteiger partial charge in [-0.2, -0.15) is 0 Å². The van der Waals surface area contributed by atoms with E-state index in [1.807, 2.05) is 59.3 Å². The first-order valence-electron chi connectivity index (χ1n) is 8.08.